The van der Waals surface area contributed by atoms with Crippen molar-refractivity contribution in [2.45, 2.75) is 6.92 Å². The molecule has 0 saturated carbocycles. The molecular weight excluding hydrogens is 276 g/mol. The van der Waals surface area contributed by atoms with E-state index in [0.29, 0.717) is 17.7 Å². The summed E-state index contributed by atoms with van der Waals surface area (Å²) in [5.74, 6) is -0.881. The number of methoxy groups -OCH3 is 1. The summed E-state index contributed by atoms with van der Waals surface area (Å²) in [6.45, 7) is 2.01. The number of hydrogen-bond acceptors (Lipinski definition) is 4. The van der Waals surface area contributed by atoms with Crippen LogP contribution in [-0.2, 0) is 9.53 Å². The molecule has 0 bridgehead atoms. The van der Waals surface area contributed by atoms with E-state index in [-0.39, 0.29) is 22.8 Å². The second kappa shape index (κ2) is 7.00. The van der Waals surface area contributed by atoms with Crippen molar-refractivity contribution in [3.63, 3.8) is 0 Å². The largest absolute Gasteiger partial charge is 0.469 e. The highest BCUT2D eigenvalue weighted by molar-refractivity contribution is 7.80. The average molecular weight is 294 g/mol. The molecule has 1 rings (SSSR count). The van der Waals surface area contributed by atoms with Gasteiger partial charge in [-0.3, -0.25) is 9.59 Å². The van der Waals surface area contributed by atoms with Crippen LogP contribution in [0.15, 0.2) is 24.3 Å². The van der Waals surface area contributed by atoms with E-state index in [9.17, 15) is 9.59 Å². The van der Waals surface area contributed by atoms with E-state index in [0.717, 1.165) is 0 Å². The standard InChI is InChI=1S/C14H18N2O3S/c1-9(14(18)19-3)8-16(2)13(17)11-6-4-10(5-7-11)12(15)20/h4-7,9H,8H2,1-3H3,(H2,15,20). The quantitative estimate of drug-likeness (QED) is 0.652. The Hall–Kier alpha value is -1.95. The van der Waals surface area contributed by atoms with Crippen LogP contribution >= 0.6 is 12.2 Å². The average Bonchev–Trinajstić information content (AvgIpc) is 2.45. The lowest BCUT2D eigenvalue weighted by molar-refractivity contribution is -0.145. The maximum Gasteiger partial charge on any atom is 0.310 e. The third-order valence-electron chi connectivity index (χ3n) is 2.91. The van der Waals surface area contributed by atoms with Gasteiger partial charge >= 0.3 is 5.97 Å². The number of nitrogens with zero attached hydrogens (tertiary/aromatic N) is 1. The molecule has 0 aliphatic carbocycles. The highest BCUT2D eigenvalue weighted by Crippen LogP contribution is 2.09. The Bertz CT molecular complexity index is 514. The van der Waals surface area contributed by atoms with Crippen LogP contribution < -0.4 is 5.73 Å². The van der Waals surface area contributed by atoms with Crippen molar-refractivity contribution in [3.05, 3.63) is 35.4 Å². The van der Waals surface area contributed by atoms with Gasteiger partial charge in [0, 0.05) is 24.7 Å². The molecule has 6 heteroatoms. The highest BCUT2D eigenvalue weighted by atomic mass is 32.1. The number of ether oxygens (including phenoxy) is 1. The molecule has 2 N–H and O–H groups in total. The Morgan fingerprint density at radius 1 is 1.30 bits per heavy atom. The molecular formula is C14H18N2O3S. The number of benzene rings is 1. The van der Waals surface area contributed by atoms with Gasteiger partial charge in [0.2, 0.25) is 0 Å². The first kappa shape index (κ1) is 16.1. The van der Waals surface area contributed by atoms with Crippen LogP contribution in [0.3, 0.4) is 0 Å². The molecule has 0 heterocycles. The summed E-state index contributed by atoms with van der Waals surface area (Å²) < 4.78 is 4.64. The maximum absolute atomic E-state index is 12.2. The summed E-state index contributed by atoms with van der Waals surface area (Å²) >= 11 is 4.85. The van der Waals surface area contributed by atoms with Crippen molar-refractivity contribution >= 4 is 29.1 Å². The Balaban J connectivity index is 2.74. The predicted molar refractivity (Wildman–Crippen MR) is 80.5 cm³/mol. The lowest BCUT2D eigenvalue weighted by Crippen LogP contribution is -2.34. The molecule has 0 aromatic heterocycles. The van der Waals surface area contributed by atoms with Crippen LogP contribution in [0.5, 0.6) is 0 Å². The van der Waals surface area contributed by atoms with Crippen molar-refractivity contribution in [2.75, 3.05) is 20.7 Å². The van der Waals surface area contributed by atoms with E-state index < -0.39 is 0 Å². The van der Waals surface area contributed by atoms with Crippen LogP contribution in [-0.4, -0.2) is 42.5 Å². The fourth-order valence-corrected chi connectivity index (χ4v) is 1.90. The van der Waals surface area contributed by atoms with Crippen molar-refractivity contribution in [1.29, 1.82) is 0 Å². The third kappa shape index (κ3) is 4.03. The number of thiocarbonyl (C=S) groups is 1. The number of carbonyl (C=O) groups is 2. The number of rotatable bonds is 5. The zero-order valence-corrected chi connectivity index (χ0v) is 12.6. The SMILES string of the molecule is COC(=O)C(C)CN(C)C(=O)c1ccc(C(N)=S)cc1. The van der Waals surface area contributed by atoms with Gasteiger partial charge in [0.05, 0.1) is 13.0 Å². The monoisotopic (exact) mass is 294 g/mol. The van der Waals surface area contributed by atoms with Crippen LogP contribution in [0, 0.1) is 5.92 Å². The van der Waals surface area contributed by atoms with E-state index in [1.165, 1.54) is 12.0 Å². The summed E-state index contributed by atoms with van der Waals surface area (Å²) in [5, 5.41) is 0. The Labute approximate surface area is 123 Å². The Kier molecular flexibility index (Phi) is 5.64. The van der Waals surface area contributed by atoms with Crippen molar-refractivity contribution in [1.82, 2.24) is 4.90 Å². The number of nitrogens with two attached hydrogens (primary N) is 1. The molecule has 1 amide bonds. The normalized spacial score (nSPS) is 11.6. The van der Waals surface area contributed by atoms with E-state index >= 15 is 0 Å². The highest BCUT2D eigenvalue weighted by Gasteiger charge is 2.19. The van der Waals surface area contributed by atoms with Gasteiger partial charge in [-0.15, -0.1) is 0 Å². The molecule has 0 radical (unpaired) electrons. The number of esters is 1. The van der Waals surface area contributed by atoms with Gasteiger partial charge in [-0.1, -0.05) is 31.3 Å². The van der Waals surface area contributed by atoms with E-state index in [4.69, 9.17) is 18.0 Å². The Morgan fingerprint density at radius 2 is 1.80 bits per heavy atom. The molecule has 1 aromatic carbocycles. The molecule has 5 nitrogen and oxygen atoms in total. The second-order valence-corrected chi connectivity index (χ2v) is 4.99. The molecule has 0 spiro atoms. The minimum Gasteiger partial charge on any atom is -0.469 e. The lowest BCUT2D eigenvalue weighted by Gasteiger charge is -2.20. The third-order valence-corrected chi connectivity index (χ3v) is 3.15. The number of amides is 1. The summed E-state index contributed by atoms with van der Waals surface area (Å²) in [6, 6.07) is 6.73. The smallest absolute Gasteiger partial charge is 0.310 e. The van der Waals surface area contributed by atoms with Gasteiger partial charge in [0.15, 0.2) is 0 Å². The van der Waals surface area contributed by atoms with Crippen molar-refractivity contribution < 1.29 is 14.3 Å². The maximum atomic E-state index is 12.2. The zero-order valence-electron chi connectivity index (χ0n) is 11.8. The van der Waals surface area contributed by atoms with Crippen LogP contribution in [0.1, 0.15) is 22.8 Å². The lowest BCUT2D eigenvalue weighted by atomic mass is 10.1. The van der Waals surface area contributed by atoms with Gasteiger partial charge in [-0.05, 0) is 12.1 Å². The predicted octanol–water partition coefficient (Wildman–Crippen LogP) is 1.20. The molecule has 1 unspecified atom stereocenters. The molecule has 1 atom stereocenters. The van der Waals surface area contributed by atoms with Gasteiger partial charge < -0.3 is 15.4 Å². The molecule has 1 aromatic rings. The summed E-state index contributed by atoms with van der Waals surface area (Å²) in [6.07, 6.45) is 0. The molecule has 0 fully saturated rings. The molecule has 0 saturated heterocycles. The van der Waals surface area contributed by atoms with E-state index in [1.54, 1.807) is 38.2 Å². The number of hydrogen-bond donors (Lipinski definition) is 1. The first-order valence-corrected chi connectivity index (χ1v) is 6.50. The van der Waals surface area contributed by atoms with Crippen LogP contribution in [0.2, 0.25) is 0 Å². The summed E-state index contributed by atoms with van der Waals surface area (Å²) in [5.41, 5.74) is 6.73. The minimum atomic E-state index is -0.371. The fourth-order valence-electron chi connectivity index (χ4n) is 1.77. The van der Waals surface area contributed by atoms with Crippen molar-refractivity contribution in [3.8, 4) is 0 Å². The summed E-state index contributed by atoms with van der Waals surface area (Å²) in [7, 11) is 2.97. The second-order valence-electron chi connectivity index (χ2n) is 4.55. The van der Waals surface area contributed by atoms with E-state index in [2.05, 4.69) is 4.74 Å². The molecule has 0 aliphatic heterocycles. The zero-order chi connectivity index (χ0) is 15.3. The van der Waals surface area contributed by atoms with Gasteiger partial charge in [0.1, 0.15) is 4.99 Å². The summed E-state index contributed by atoms with van der Waals surface area (Å²) in [4.78, 5) is 25.3. The van der Waals surface area contributed by atoms with E-state index in [1.807, 2.05) is 0 Å². The van der Waals surface area contributed by atoms with Gasteiger partial charge in [0.25, 0.3) is 5.91 Å². The first-order chi connectivity index (χ1) is 9.36. The van der Waals surface area contributed by atoms with Crippen LogP contribution in [0.4, 0.5) is 0 Å². The number of carbonyl (C=O) groups excluding carboxylic acids is 2. The first-order valence-electron chi connectivity index (χ1n) is 6.10. The molecule has 20 heavy (non-hydrogen) atoms. The molecule has 0 aliphatic rings. The Morgan fingerprint density at radius 3 is 2.25 bits per heavy atom. The fraction of sp³-hybridized carbons (Fsp3) is 0.357. The minimum absolute atomic E-state index is 0.171. The van der Waals surface area contributed by atoms with Gasteiger partial charge in [-0.25, -0.2) is 0 Å². The van der Waals surface area contributed by atoms with Crippen molar-refractivity contribution in [2.24, 2.45) is 11.7 Å². The van der Waals surface area contributed by atoms with Crippen LogP contribution in [0.25, 0.3) is 0 Å². The van der Waals surface area contributed by atoms with Gasteiger partial charge in [-0.2, -0.15) is 0 Å². The molecule has 108 valence electrons. The topological polar surface area (TPSA) is 72.6 Å².